The summed E-state index contributed by atoms with van der Waals surface area (Å²) in [5.74, 6) is -1.76. The highest BCUT2D eigenvalue weighted by Gasteiger charge is 2.45. The molecule has 1 fully saturated rings. The fourth-order valence-electron chi connectivity index (χ4n) is 3.37. The third kappa shape index (κ3) is 3.89. The van der Waals surface area contributed by atoms with Crippen molar-refractivity contribution in [2.75, 3.05) is 13.1 Å². The summed E-state index contributed by atoms with van der Waals surface area (Å²) in [6, 6.07) is 3.56. The van der Waals surface area contributed by atoms with Gasteiger partial charge in [-0.05, 0) is 43.1 Å². The van der Waals surface area contributed by atoms with E-state index in [1.165, 1.54) is 11.3 Å². The normalized spacial score (nSPS) is 18.8. The molecular formula is C18H18ClN3O4S2. The maximum absolute atomic E-state index is 12.2. The number of carbonyl (C=O) groups excluding carboxylic acids is 2. The molecule has 0 aliphatic carbocycles. The third-order valence-electron chi connectivity index (χ3n) is 4.63. The number of hydrogen-bond acceptors (Lipinski definition) is 9. The van der Waals surface area contributed by atoms with E-state index in [0.29, 0.717) is 29.3 Å². The minimum Gasteiger partial charge on any atom is -0.416 e. The fraction of sp³-hybridized carbons (Fsp3) is 0.444. The first kappa shape index (κ1) is 19.6. The molecule has 2 aliphatic rings. The van der Waals surface area contributed by atoms with Crippen molar-refractivity contribution >= 4 is 46.6 Å². The van der Waals surface area contributed by atoms with Crippen LogP contribution in [0, 0.1) is 6.92 Å². The Balaban J connectivity index is 1.74. The summed E-state index contributed by atoms with van der Waals surface area (Å²) in [7, 11) is 0. The highest BCUT2D eigenvalue weighted by molar-refractivity contribution is 8.00. The Hall–Kier alpha value is -1.68. The van der Waals surface area contributed by atoms with E-state index in [-0.39, 0.29) is 19.4 Å². The van der Waals surface area contributed by atoms with Crippen LogP contribution >= 0.6 is 34.7 Å². The van der Waals surface area contributed by atoms with Gasteiger partial charge in [0.2, 0.25) is 0 Å². The molecule has 1 aromatic carbocycles. The number of ether oxygens (including phenoxy) is 2. The zero-order valence-corrected chi connectivity index (χ0v) is 17.5. The molecule has 1 N–H and O–H groups in total. The molecular weight excluding hydrogens is 422 g/mol. The smallest absolute Gasteiger partial charge is 0.309 e. The van der Waals surface area contributed by atoms with E-state index >= 15 is 0 Å². The molecule has 0 unspecified atom stereocenters. The van der Waals surface area contributed by atoms with Crippen LogP contribution in [0.2, 0.25) is 5.02 Å². The first-order valence-electron chi connectivity index (χ1n) is 8.85. The zero-order valence-electron chi connectivity index (χ0n) is 15.1. The van der Waals surface area contributed by atoms with E-state index in [4.69, 9.17) is 21.1 Å². The number of nitrogens with one attached hydrogen (secondary N) is 1. The van der Waals surface area contributed by atoms with Gasteiger partial charge in [0.25, 0.3) is 5.79 Å². The molecule has 2 aliphatic heterocycles. The minimum atomic E-state index is -1.46. The number of nitrogens with zero attached hydrogens (tertiary/aromatic N) is 2. The van der Waals surface area contributed by atoms with Gasteiger partial charge in [-0.15, -0.1) is 10.2 Å². The van der Waals surface area contributed by atoms with Crippen molar-refractivity contribution in [2.24, 2.45) is 0 Å². The van der Waals surface area contributed by atoms with E-state index < -0.39 is 17.7 Å². The van der Waals surface area contributed by atoms with Crippen LogP contribution in [0.4, 0.5) is 0 Å². The highest BCUT2D eigenvalue weighted by Crippen LogP contribution is 2.40. The molecule has 10 heteroatoms. The molecule has 1 spiro atoms. The second-order valence-corrected chi connectivity index (χ2v) is 9.37. The Bertz CT molecular complexity index is 916. The lowest BCUT2D eigenvalue weighted by molar-refractivity contribution is -0.225. The molecule has 1 aromatic heterocycles. The van der Waals surface area contributed by atoms with Crippen LogP contribution in [-0.4, -0.2) is 35.2 Å². The third-order valence-corrected chi connectivity index (χ3v) is 6.98. The molecule has 0 radical (unpaired) electrons. The number of benzene rings is 1. The molecule has 148 valence electrons. The van der Waals surface area contributed by atoms with Crippen LogP contribution in [-0.2, 0) is 37.0 Å². The van der Waals surface area contributed by atoms with Crippen LogP contribution in [0.1, 0.15) is 34.5 Å². The van der Waals surface area contributed by atoms with Crippen molar-refractivity contribution in [3.8, 4) is 0 Å². The predicted molar refractivity (Wildman–Crippen MR) is 105 cm³/mol. The van der Waals surface area contributed by atoms with Crippen LogP contribution in [0.5, 0.6) is 0 Å². The lowest BCUT2D eigenvalue weighted by Gasteiger charge is -2.32. The largest absolute Gasteiger partial charge is 0.416 e. The van der Waals surface area contributed by atoms with Gasteiger partial charge in [0.15, 0.2) is 4.34 Å². The van der Waals surface area contributed by atoms with Crippen molar-refractivity contribution in [1.29, 1.82) is 0 Å². The Kier molecular flexibility index (Phi) is 5.59. The van der Waals surface area contributed by atoms with Gasteiger partial charge in [0.1, 0.15) is 5.01 Å². The van der Waals surface area contributed by atoms with E-state index in [9.17, 15) is 9.59 Å². The Labute approximate surface area is 175 Å². The zero-order chi connectivity index (χ0) is 19.7. The second kappa shape index (κ2) is 7.98. The summed E-state index contributed by atoms with van der Waals surface area (Å²) in [6.07, 6.45) is 0.711. The lowest BCUT2D eigenvalue weighted by Crippen LogP contribution is -2.43. The molecule has 0 bridgehead atoms. The van der Waals surface area contributed by atoms with Crippen LogP contribution in [0.15, 0.2) is 16.5 Å². The predicted octanol–water partition coefficient (Wildman–Crippen LogP) is 2.97. The van der Waals surface area contributed by atoms with Crippen molar-refractivity contribution in [2.45, 2.75) is 42.1 Å². The number of carbonyl (C=O) groups is 2. The number of thioether (sulfide) groups is 1. The average molecular weight is 440 g/mol. The van der Waals surface area contributed by atoms with Crippen LogP contribution in [0.25, 0.3) is 0 Å². The van der Waals surface area contributed by atoms with Gasteiger partial charge in [0.05, 0.1) is 19.4 Å². The second-order valence-electron chi connectivity index (χ2n) is 6.56. The molecule has 0 saturated carbocycles. The lowest BCUT2D eigenvalue weighted by atomic mass is 9.94. The minimum absolute atomic E-state index is 0.0165. The van der Waals surface area contributed by atoms with E-state index in [0.717, 1.165) is 20.5 Å². The van der Waals surface area contributed by atoms with Crippen molar-refractivity contribution in [3.05, 3.63) is 38.9 Å². The maximum atomic E-state index is 12.2. The van der Waals surface area contributed by atoms with E-state index in [1.54, 1.807) is 23.9 Å². The molecule has 0 atom stereocenters. The molecule has 2 aromatic rings. The topological polar surface area (TPSA) is 90.4 Å². The number of halogens is 1. The number of hydrogen-bond donors (Lipinski definition) is 1. The molecule has 0 amide bonds. The Morgan fingerprint density at radius 3 is 2.64 bits per heavy atom. The molecule has 7 nitrogen and oxygen atoms in total. The average Bonchev–Trinajstić information content (AvgIpc) is 2.91. The number of aromatic nitrogens is 2. The van der Waals surface area contributed by atoms with Crippen molar-refractivity contribution in [1.82, 2.24) is 15.5 Å². The first-order chi connectivity index (χ1) is 13.5. The van der Waals surface area contributed by atoms with Gasteiger partial charge in [-0.2, -0.15) is 0 Å². The molecule has 28 heavy (non-hydrogen) atoms. The molecule has 4 rings (SSSR count). The van der Waals surface area contributed by atoms with Gasteiger partial charge in [-0.25, -0.2) is 0 Å². The van der Waals surface area contributed by atoms with Crippen molar-refractivity contribution < 1.29 is 19.1 Å². The van der Waals surface area contributed by atoms with E-state index in [1.807, 2.05) is 6.92 Å². The Morgan fingerprint density at radius 2 is 1.96 bits per heavy atom. The molecule has 1 saturated heterocycles. The number of rotatable bonds is 3. The van der Waals surface area contributed by atoms with Gasteiger partial charge < -0.3 is 14.8 Å². The number of aryl methyl sites for hydroxylation is 1. The standard InChI is InChI=1S/C18H18ClN3O4S2/c1-10-21-22-17(28-10)27-8-12-11-6-7-20-9-18(13(11)2-3-14(12)19)25-15(23)4-5-16(24)26-18/h2-3,20H,4-9H2,1H3. The summed E-state index contributed by atoms with van der Waals surface area (Å²) in [5.41, 5.74) is 2.54. The Morgan fingerprint density at radius 1 is 1.21 bits per heavy atom. The van der Waals surface area contributed by atoms with E-state index in [2.05, 4.69) is 15.5 Å². The van der Waals surface area contributed by atoms with Crippen LogP contribution in [0.3, 0.4) is 0 Å². The SMILES string of the molecule is Cc1nnc(SCc2c(Cl)ccc3c2CCNCC32OC(=O)CCC(=O)O2)s1. The number of esters is 2. The van der Waals surface area contributed by atoms with Gasteiger partial charge in [-0.3, -0.25) is 9.59 Å². The van der Waals surface area contributed by atoms with Gasteiger partial charge in [-0.1, -0.05) is 34.7 Å². The van der Waals surface area contributed by atoms with Gasteiger partial charge in [0, 0.05) is 16.3 Å². The van der Waals surface area contributed by atoms with Gasteiger partial charge >= 0.3 is 11.9 Å². The van der Waals surface area contributed by atoms with Crippen LogP contribution < -0.4 is 5.32 Å². The summed E-state index contributed by atoms with van der Waals surface area (Å²) in [4.78, 5) is 24.3. The summed E-state index contributed by atoms with van der Waals surface area (Å²) < 4.78 is 12.2. The van der Waals surface area contributed by atoms with Crippen molar-refractivity contribution in [3.63, 3.8) is 0 Å². The summed E-state index contributed by atoms with van der Waals surface area (Å²) in [6.45, 7) is 2.77. The fourth-order valence-corrected chi connectivity index (χ4v) is 5.58. The molecule has 3 heterocycles. The summed E-state index contributed by atoms with van der Waals surface area (Å²) in [5, 5.41) is 12.9. The number of fused-ring (bicyclic) bond motifs is 2. The monoisotopic (exact) mass is 439 g/mol. The first-order valence-corrected chi connectivity index (χ1v) is 11.0. The quantitative estimate of drug-likeness (QED) is 0.576. The summed E-state index contributed by atoms with van der Waals surface area (Å²) >= 11 is 9.60. The highest BCUT2D eigenvalue weighted by atomic mass is 35.5. The maximum Gasteiger partial charge on any atom is 0.309 e.